The van der Waals surface area contributed by atoms with Crippen LogP contribution in [0.5, 0.6) is 0 Å². The van der Waals surface area contributed by atoms with Crippen LogP contribution in [0.25, 0.3) is 22.3 Å². The summed E-state index contributed by atoms with van der Waals surface area (Å²) in [7, 11) is 0. The van der Waals surface area contributed by atoms with Crippen molar-refractivity contribution in [2.45, 2.75) is 51.5 Å². The number of hydrogen-bond acceptors (Lipinski definition) is 6. The summed E-state index contributed by atoms with van der Waals surface area (Å²) in [5.41, 5.74) is 5.12. The van der Waals surface area contributed by atoms with Crippen LogP contribution in [-0.2, 0) is 28.3 Å². The van der Waals surface area contributed by atoms with E-state index in [4.69, 9.17) is 10.5 Å². The third-order valence-corrected chi connectivity index (χ3v) is 6.54. The number of carbonyl (C=O) groups is 1. The number of cyclic esters (lactones) is 1. The van der Waals surface area contributed by atoms with E-state index in [0.717, 1.165) is 12.1 Å². The van der Waals surface area contributed by atoms with Gasteiger partial charge in [0.1, 0.15) is 12.4 Å². The number of fused-ring (bicyclic) bond motifs is 5. The van der Waals surface area contributed by atoms with Gasteiger partial charge in [-0.15, -0.1) is 0 Å². The molecule has 2 aliphatic heterocycles. The molecule has 0 unspecified atom stereocenters. The number of aliphatic hydroxyl groups is 1. The molecule has 7 nitrogen and oxygen atoms in total. The van der Waals surface area contributed by atoms with Crippen LogP contribution >= 0.6 is 0 Å². The molecule has 0 amide bonds. The van der Waals surface area contributed by atoms with Crippen LogP contribution < -0.4 is 11.3 Å². The van der Waals surface area contributed by atoms with Crippen molar-refractivity contribution in [3.05, 3.63) is 62.2 Å². The number of alkyl halides is 2. The zero-order valence-electron chi connectivity index (χ0n) is 17.8. The van der Waals surface area contributed by atoms with Crippen LogP contribution in [0.15, 0.2) is 23.0 Å². The number of hydrogen-bond donors (Lipinski definition) is 2. The van der Waals surface area contributed by atoms with Crippen molar-refractivity contribution in [2.24, 2.45) is 5.73 Å². The number of ether oxygens (including phenoxy) is 1. The summed E-state index contributed by atoms with van der Waals surface area (Å²) in [6.45, 7) is 3.05. The molecule has 0 bridgehead atoms. The summed E-state index contributed by atoms with van der Waals surface area (Å²) in [6.07, 6.45) is -3.02. The number of benzene rings is 1. The number of aromatic nitrogens is 2. The molecule has 0 radical (unpaired) electrons. The molecule has 0 saturated carbocycles. The predicted octanol–water partition coefficient (Wildman–Crippen LogP) is 3.18. The van der Waals surface area contributed by atoms with Gasteiger partial charge < -0.3 is 20.1 Å². The highest BCUT2D eigenvalue weighted by Gasteiger charge is 2.45. The van der Waals surface area contributed by atoms with Gasteiger partial charge in [0.15, 0.2) is 5.60 Å². The maximum Gasteiger partial charge on any atom is 0.343 e. The summed E-state index contributed by atoms with van der Waals surface area (Å²) >= 11 is 0. The first-order valence-corrected chi connectivity index (χ1v) is 10.4. The lowest BCUT2D eigenvalue weighted by atomic mass is 9.86. The minimum absolute atomic E-state index is 0.00751. The second kappa shape index (κ2) is 7.13. The number of esters is 1. The van der Waals surface area contributed by atoms with Crippen molar-refractivity contribution >= 4 is 16.9 Å². The highest BCUT2D eigenvalue weighted by molar-refractivity contribution is 5.90. The van der Waals surface area contributed by atoms with Crippen molar-refractivity contribution in [1.82, 2.24) is 9.55 Å². The highest BCUT2D eigenvalue weighted by Crippen LogP contribution is 2.42. The molecule has 33 heavy (non-hydrogen) atoms. The number of pyridine rings is 2. The Kier molecular flexibility index (Phi) is 4.67. The molecule has 3 N–H and O–H groups in total. The first-order chi connectivity index (χ1) is 15.6. The summed E-state index contributed by atoms with van der Waals surface area (Å²) < 4.78 is 47.5. The standard InChI is InChI=1S/C23H20F3N3O4/c1-3-23(32)14-5-17-19-12(7-29(17)21(30)13(14)8-33-22(23)31)18(9(2)27)11-4-10(20(25)26)15(24)6-16(11)28-19/h4-6,9,20,32H,3,7-8,27H2,1-2H3/t9-,23-/m0/s1. The quantitative estimate of drug-likeness (QED) is 0.456. The van der Waals surface area contributed by atoms with E-state index in [2.05, 4.69) is 4.98 Å². The predicted molar refractivity (Wildman–Crippen MR) is 112 cm³/mol. The number of nitrogens with zero attached hydrogens (tertiary/aromatic N) is 2. The fourth-order valence-corrected chi connectivity index (χ4v) is 4.84. The molecule has 0 fully saturated rings. The fraction of sp³-hybridized carbons (Fsp3) is 0.348. The number of nitrogens with two attached hydrogens (primary N) is 1. The minimum Gasteiger partial charge on any atom is -0.458 e. The molecule has 2 atom stereocenters. The van der Waals surface area contributed by atoms with Gasteiger partial charge in [-0.25, -0.2) is 22.9 Å². The van der Waals surface area contributed by atoms with Gasteiger partial charge in [0.05, 0.1) is 34.6 Å². The van der Waals surface area contributed by atoms with Gasteiger partial charge in [0.2, 0.25) is 0 Å². The van der Waals surface area contributed by atoms with Crippen molar-refractivity contribution in [2.75, 3.05) is 0 Å². The zero-order valence-corrected chi connectivity index (χ0v) is 17.8. The normalized spacial score (nSPS) is 19.9. The van der Waals surface area contributed by atoms with Crippen LogP contribution in [0.3, 0.4) is 0 Å². The number of halogens is 3. The van der Waals surface area contributed by atoms with E-state index in [1.165, 1.54) is 10.6 Å². The maximum absolute atomic E-state index is 14.3. The van der Waals surface area contributed by atoms with E-state index >= 15 is 0 Å². The van der Waals surface area contributed by atoms with E-state index in [0.29, 0.717) is 22.5 Å². The first kappa shape index (κ1) is 21.6. The van der Waals surface area contributed by atoms with Crippen molar-refractivity contribution < 1.29 is 27.8 Å². The molecule has 172 valence electrons. The van der Waals surface area contributed by atoms with Gasteiger partial charge in [-0.3, -0.25) is 4.79 Å². The number of carbonyl (C=O) groups excluding carboxylic acids is 1. The monoisotopic (exact) mass is 459 g/mol. The van der Waals surface area contributed by atoms with E-state index in [1.54, 1.807) is 13.8 Å². The Labute approximate surface area is 185 Å². The first-order valence-electron chi connectivity index (χ1n) is 10.4. The Morgan fingerprint density at radius 2 is 2.00 bits per heavy atom. The molecule has 0 aliphatic carbocycles. The third-order valence-electron chi connectivity index (χ3n) is 6.54. The topological polar surface area (TPSA) is 107 Å². The van der Waals surface area contributed by atoms with E-state index in [-0.39, 0.29) is 41.6 Å². The Morgan fingerprint density at radius 1 is 1.27 bits per heavy atom. The molecule has 2 aromatic heterocycles. The van der Waals surface area contributed by atoms with E-state index in [1.807, 2.05) is 0 Å². The van der Waals surface area contributed by atoms with Crippen molar-refractivity contribution in [3.63, 3.8) is 0 Å². The maximum atomic E-state index is 14.3. The Bertz CT molecular complexity index is 1420. The van der Waals surface area contributed by atoms with E-state index < -0.39 is 41.0 Å². The summed E-state index contributed by atoms with van der Waals surface area (Å²) in [4.78, 5) is 30.1. The van der Waals surface area contributed by atoms with E-state index in [9.17, 15) is 27.9 Å². The molecule has 2 aliphatic rings. The Morgan fingerprint density at radius 3 is 2.64 bits per heavy atom. The van der Waals surface area contributed by atoms with Crippen LogP contribution in [0.4, 0.5) is 13.2 Å². The second-order valence-electron chi connectivity index (χ2n) is 8.44. The van der Waals surface area contributed by atoms with Gasteiger partial charge in [-0.2, -0.15) is 0 Å². The summed E-state index contributed by atoms with van der Waals surface area (Å²) in [5, 5.41) is 11.2. The van der Waals surface area contributed by atoms with Crippen LogP contribution in [0, 0.1) is 5.82 Å². The zero-order chi connectivity index (χ0) is 23.8. The Balaban J connectivity index is 1.84. The van der Waals surface area contributed by atoms with Gasteiger partial charge in [-0.05, 0) is 31.0 Å². The molecular formula is C23H20F3N3O4. The summed E-state index contributed by atoms with van der Waals surface area (Å²) in [5.74, 6) is -1.94. The van der Waals surface area contributed by atoms with Gasteiger partial charge in [-0.1, -0.05) is 6.92 Å². The lowest BCUT2D eigenvalue weighted by molar-refractivity contribution is -0.172. The fourth-order valence-electron chi connectivity index (χ4n) is 4.84. The van der Waals surface area contributed by atoms with Gasteiger partial charge >= 0.3 is 5.97 Å². The largest absolute Gasteiger partial charge is 0.458 e. The van der Waals surface area contributed by atoms with Crippen molar-refractivity contribution in [3.8, 4) is 11.4 Å². The molecule has 0 spiro atoms. The minimum atomic E-state index is -3.01. The Hall–Kier alpha value is -3.24. The van der Waals surface area contributed by atoms with Gasteiger partial charge in [0.25, 0.3) is 12.0 Å². The molecule has 3 aromatic rings. The lowest BCUT2D eigenvalue weighted by Crippen LogP contribution is -2.44. The highest BCUT2D eigenvalue weighted by atomic mass is 19.3. The van der Waals surface area contributed by atoms with Crippen LogP contribution in [0.2, 0.25) is 0 Å². The molecular weight excluding hydrogens is 439 g/mol. The van der Waals surface area contributed by atoms with Crippen molar-refractivity contribution in [1.29, 1.82) is 0 Å². The third kappa shape index (κ3) is 2.87. The average Bonchev–Trinajstić information content (AvgIpc) is 3.12. The summed E-state index contributed by atoms with van der Waals surface area (Å²) in [6, 6.07) is 2.89. The molecule has 4 heterocycles. The van der Waals surface area contributed by atoms with Crippen LogP contribution in [0.1, 0.15) is 60.6 Å². The lowest BCUT2D eigenvalue weighted by Gasteiger charge is -2.31. The SMILES string of the molecule is CC[C@@]1(O)C(=O)OCc2c1cc1n(c2=O)Cc2c-1nc1cc(F)c(C(F)F)cc1c2[C@H](C)N. The molecule has 10 heteroatoms. The second-order valence-corrected chi connectivity index (χ2v) is 8.44. The molecule has 1 aromatic carbocycles. The molecule has 0 saturated heterocycles. The average molecular weight is 459 g/mol. The van der Waals surface area contributed by atoms with Crippen LogP contribution in [-0.4, -0.2) is 20.6 Å². The molecule has 5 rings (SSSR count). The smallest absolute Gasteiger partial charge is 0.343 e. The van der Waals surface area contributed by atoms with Gasteiger partial charge in [0, 0.05) is 28.6 Å². The number of rotatable bonds is 3.